The highest BCUT2D eigenvalue weighted by Gasteiger charge is 2.21. The molecule has 1 amide bonds. The van der Waals surface area contributed by atoms with Gasteiger partial charge in [-0.1, -0.05) is 35.3 Å². The van der Waals surface area contributed by atoms with Gasteiger partial charge in [0.2, 0.25) is 5.91 Å². The Kier molecular flexibility index (Phi) is 6.74. The van der Waals surface area contributed by atoms with Gasteiger partial charge in [0.25, 0.3) is 0 Å². The third-order valence-corrected chi connectivity index (χ3v) is 5.30. The third kappa shape index (κ3) is 4.87. The SMILES string of the molecule is COc1ccccc1N(C(C)=O)c1nc(COC(=O)c2ccc(Cl)cc2Cl)cs1. The van der Waals surface area contributed by atoms with E-state index in [1.165, 1.54) is 42.4 Å². The second kappa shape index (κ2) is 9.26. The molecule has 3 aromatic rings. The summed E-state index contributed by atoms with van der Waals surface area (Å²) in [6.07, 6.45) is 0. The number of hydrogen-bond donors (Lipinski definition) is 0. The van der Waals surface area contributed by atoms with Crippen LogP contribution in [0, 0.1) is 0 Å². The minimum absolute atomic E-state index is 0.0635. The van der Waals surface area contributed by atoms with Crippen LogP contribution in [0.4, 0.5) is 10.8 Å². The minimum Gasteiger partial charge on any atom is -0.495 e. The van der Waals surface area contributed by atoms with E-state index in [4.69, 9.17) is 32.7 Å². The highest BCUT2D eigenvalue weighted by Crippen LogP contribution is 2.35. The van der Waals surface area contributed by atoms with Crippen LogP contribution >= 0.6 is 34.5 Å². The molecular weight excluding hydrogens is 435 g/mol. The van der Waals surface area contributed by atoms with Crippen molar-refractivity contribution in [2.75, 3.05) is 12.0 Å². The number of benzene rings is 2. The van der Waals surface area contributed by atoms with Crippen LogP contribution in [-0.4, -0.2) is 24.0 Å². The summed E-state index contributed by atoms with van der Waals surface area (Å²) >= 11 is 13.1. The van der Waals surface area contributed by atoms with Gasteiger partial charge in [-0.2, -0.15) is 0 Å². The number of halogens is 2. The van der Waals surface area contributed by atoms with Gasteiger partial charge in [-0.15, -0.1) is 11.3 Å². The van der Waals surface area contributed by atoms with Crippen molar-refractivity contribution in [3.8, 4) is 5.75 Å². The standard InChI is InChI=1S/C20H16Cl2N2O4S/c1-12(25)24(17-5-3-4-6-18(17)27-2)20-23-14(11-29-20)10-28-19(26)15-8-7-13(21)9-16(15)22/h3-9,11H,10H2,1-2H3. The van der Waals surface area contributed by atoms with Gasteiger partial charge in [0.15, 0.2) is 5.13 Å². The highest BCUT2D eigenvalue weighted by atomic mass is 35.5. The molecule has 0 bridgehead atoms. The first kappa shape index (κ1) is 21.1. The van der Waals surface area contributed by atoms with Gasteiger partial charge in [0.05, 0.1) is 29.1 Å². The number of aromatic nitrogens is 1. The molecule has 0 aliphatic rings. The Morgan fingerprint density at radius 1 is 1.17 bits per heavy atom. The number of thiazole rings is 1. The number of anilines is 2. The molecule has 0 aliphatic heterocycles. The molecule has 0 fully saturated rings. The Labute approximate surface area is 181 Å². The first-order valence-electron chi connectivity index (χ1n) is 8.41. The quantitative estimate of drug-likeness (QED) is 0.463. The predicted octanol–water partition coefficient (Wildman–Crippen LogP) is 5.50. The molecule has 0 N–H and O–H groups in total. The van der Waals surface area contributed by atoms with Crippen LogP contribution in [0.25, 0.3) is 0 Å². The van der Waals surface area contributed by atoms with Crippen molar-refractivity contribution in [1.29, 1.82) is 0 Å². The molecule has 0 saturated carbocycles. The van der Waals surface area contributed by atoms with Gasteiger partial charge < -0.3 is 9.47 Å². The zero-order valence-electron chi connectivity index (χ0n) is 15.5. The lowest BCUT2D eigenvalue weighted by Gasteiger charge is -2.20. The first-order chi connectivity index (χ1) is 13.9. The van der Waals surface area contributed by atoms with Crippen molar-refractivity contribution >= 4 is 57.2 Å². The molecule has 0 aliphatic carbocycles. The van der Waals surface area contributed by atoms with Crippen LogP contribution in [0.1, 0.15) is 23.0 Å². The van der Waals surface area contributed by atoms with E-state index in [1.54, 1.807) is 29.6 Å². The van der Waals surface area contributed by atoms with Gasteiger partial charge in [0, 0.05) is 17.3 Å². The normalized spacial score (nSPS) is 10.5. The summed E-state index contributed by atoms with van der Waals surface area (Å²) < 4.78 is 10.6. The summed E-state index contributed by atoms with van der Waals surface area (Å²) in [6.45, 7) is 1.38. The van der Waals surface area contributed by atoms with E-state index in [-0.39, 0.29) is 23.1 Å². The van der Waals surface area contributed by atoms with Crippen molar-refractivity contribution in [3.05, 3.63) is 69.1 Å². The van der Waals surface area contributed by atoms with Crippen LogP contribution in [-0.2, 0) is 16.1 Å². The van der Waals surface area contributed by atoms with Crippen LogP contribution in [0.2, 0.25) is 10.0 Å². The molecule has 3 rings (SSSR count). The monoisotopic (exact) mass is 450 g/mol. The topological polar surface area (TPSA) is 68.7 Å². The molecule has 29 heavy (non-hydrogen) atoms. The number of carbonyl (C=O) groups is 2. The number of methoxy groups -OCH3 is 1. The Morgan fingerprint density at radius 3 is 2.62 bits per heavy atom. The van der Waals surface area contributed by atoms with Crippen molar-refractivity contribution in [2.24, 2.45) is 0 Å². The molecule has 150 valence electrons. The zero-order chi connectivity index (χ0) is 21.0. The van der Waals surface area contributed by atoms with E-state index in [0.717, 1.165) is 0 Å². The van der Waals surface area contributed by atoms with Gasteiger partial charge in [-0.05, 0) is 30.3 Å². The van der Waals surface area contributed by atoms with E-state index in [0.29, 0.717) is 27.3 Å². The fourth-order valence-electron chi connectivity index (χ4n) is 2.56. The van der Waals surface area contributed by atoms with Gasteiger partial charge >= 0.3 is 5.97 Å². The first-order valence-corrected chi connectivity index (χ1v) is 10.0. The summed E-state index contributed by atoms with van der Waals surface area (Å²) in [5.41, 5.74) is 1.30. The predicted molar refractivity (Wildman–Crippen MR) is 114 cm³/mol. The van der Waals surface area contributed by atoms with Crippen LogP contribution in [0.15, 0.2) is 47.8 Å². The average molecular weight is 451 g/mol. The van der Waals surface area contributed by atoms with Crippen molar-refractivity contribution in [1.82, 2.24) is 4.98 Å². The third-order valence-electron chi connectivity index (χ3n) is 3.87. The number of nitrogens with zero attached hydrogens (tertiary/aromatic N) is 2. The number of esters is 1. The van der Waals surface area contributed by atoms with Gasteiger partial charge in [0.1, 0.15) is 12.4 Å². The Morgan fingerprint density at radius 2 is 1.93 bits per heavy atom. The molecule has 0 spiro atoms. The van der Waals surface area contributed by atoms with Crippen LogP contribution in [0.5, 0.6) is 5.75 Å². The minimum atomic E-state index is -0.589. The smallest absolute Gasteiger partial charge is 0.340 e. The fourth-order valence-corrected chi connectivity index (χ4v) is 3.91. The number of amides is 1. The molecule has 9 heteroatoms. The Balaban J connectivity index is 1.77. The van der Waals surface area contributed by atoms with Crippen LogP contribution < -0.4 is 9.64 Å². The molecular formula is C20H16Cl2N2O4S. The molecule has 2 aromatic carbocycles. The number of rotatable bonds is 6. The largest absolute Gasteiger partial charge is 0.495 e. The second-order valence-electron chi connectivity index (χ2n) is 5.85. The highest BCUT2D eigenvalue weighted by molar-refractivity contribution is 7.14. The van der Waals surface area contributed by atoms with Gasteiger partial charge in [-0.3, -0.25) is 9.69 Å². The lowest BCUT2D eigenvalue weighted by Crippen LogP contribution is -2.23. The Hall–Kier alpha value is -2.61. The summed E-state index contributed by atoms with van der Waals surface area (Å²) in [6, 6.07) is 11.7. The molecule has 0 saturated heterocycles. The van der Waals surface area contributed by atoms with Crippen molar-refractivity contribution in [3.63, 3.8) is 0 Å². The van der Waals surface area contributed by atoms with Crippen molar-refractivity contribution < 1.29 is 19.1 Å². The molecule has 6 nitrogen and oxygen atoms in total. The number of carbonyl (C=O) groups excluding carboxylic acids is 2. The summed E-state index contributed by atoms with van der Waals surface area (Å²) in [4.78, 5) is 30.4. The summed E-state index contributed by atoms with van der Waals surface area (Å²) in [7, 11) is 1.53. The van der Waals surface area contributed by atoms with E-state index in [9.17, 15) is 9.59 Å². The second-order valence-corrected chi connectivity index (χ2v) is 7.53. The number of hydrogen-bond acceptors (Lipinski definition) is 6. The van der Waals surface area contributed by atoms with E-state index < -0.39 is 5.97 Å². The molecule has 0 radical (unpaired) electrons. The fraction of sp³-hybridized carbons (Fsp3) is 0.150. The molecule has 0 atom stereocenters. The molecule has 1 aromatic heterocycles. The summed E-state index contributed by atoms with van der Waals surface area (Å²) in [5, 5.41) is 2.80. The average Bonchev–Trinajstić information content (AvgIpc) is 3.15. The van der Waals surface area contributed by atoms with Crippen LogP contribution in [0.3, 0.4) is 0 Å². The maximum atomic E-state index is 12.3. The maximum absolute atomic E-state index is 12.3. The maximum Gasteiger partial charge on any atom is 0.340 e. The number of ether oxygens (including phenoxy) is 2. The summed E-state index contributed by atoms with van der Waals surface area (Å²) in [5.74, 6) is -0.266. The lowest BCUT2D eigenvalue weighted by molar-refractivity contribution is -0.115. The van der Waals surface area contributed by atoms with Gasteiger partial charge in [-0.25, -0.2) is 9.78 Å². The van der Waals surface area contributed by atoms with E-state index >= 15 is 0 Å². The number of para-hydroxylation sites is 2. The van der Waals surface area contributed by atoms with E-state index in [2.05, 4.69) is 4.98 Å². The lowest BCUT2D eigenvalue weighted by atomic mass is 10.2. The Bertz CT molecular complexity index is 1050. The zero-order valence-corrected chi connectivity index (χ0v) is 17.8. The molecule has 0 unspecified atom stereocenters. The van der Waals surface area contributed by atoms with Crippen molar-refractivity contribution in [2.45, 2.75) is 13.5 Å². The van der Waals surface area contributed by atoms with E-state index in [1.807, 2.05) is 6.07 Å². The molecule has 1 heterocycles.